The van der Waals surface area contributed by atoms with Gasteiger partial charge in [0.15, 0.2) is 0 Å². The molecule has 2 aromatic rings. The van der Waals surface area contributed by atoms with E-state index in [-0.39, 0.29) is 43.1 Å². The highest BCUT2D eigenvalue weighted by molar-refractivity contribution is 5.84. The van der Waals surface area contributed by atoms with Gasteiger partial charge in [-0.3, -0.25) is 14.4 Å². The SMILES string of the molecule is CC[C@H](C)[C@@H]([C@@H](CC(=O)O)OC)N(C)C(=O)[C@@H](CC(=O)OCC1c2ccccc2-c2ccccc21)C(C)C. The van der Waals surface area contributed by atoms with Crippen LogP contribution >= 0.6 is 0 Å². The third-order valence-corrected chi connectivity index (χ3v) is 7.96. The van der Waals surface area contributed by atoms with E-state index in [0.29, 0.717) is 0 Å². The highest BCUT2D eigenvalue weighted by Gasteiger charge is 2.38. The van der Waals surface area contributed by atoms with Gasteiger partial charge in [0, 0.05) is 20.1 Å². The Bertz CT molecular complexity index is 1080. The average Bonchev–Trinajstić information content (AvgIpc) is 3.22. The van der Waals surface area contributed by atoms with Gasteiger partial charge in [-0.2, -0.15) is 0 Å². The second-order valence-electron chi connectivity index (χ2n) is 10.7. The first kappa shape index (κ1) is 29.4. The van der Waals surface area contributed by atoms with Crippen LogP contribution in [0.4, 0.5) is 0 Å². The van der Waals surface area contributed by atoms with Crippen molar-refractivity contribution in [3.05, 3.63) is 59.7 Å². The fourth-order valence-corrected chi connectivity index (χ4v) is 5.63. The lowest BCUT2D eigenvalue weighted by Crippen LogP contribution is -2.52. The van der Waals surface area contributed by atoms with Crippen LogP contribution < -0.4 is 0 Å². The predicted molar refractivity (Wildman–Crippen MR) is 147 cm³/mol. The second kappa shape index (κ2) is 13.1. The van der Waals surface area contributed by atoms with E-state index >= 15 is 0 Å². The number of nitrogens with zero attached hydrogens (tertiary/aromatic N) is 1. The molecule has 0 radical (unpaired) electrons. The molecule has 0 aromatic heterocycles. The molecule has 38 heavy (non-hydrogen) atoms. The Labute approximate surface area is 226 Å². The number of methoxy groups -OCH3 is 1. The lowest BCUT2D eigenvalue weighted by atomic mass is 9.87. The second-order valence-corrected chi connectivity index (χ2v) is 10.7. The summed E-state index contributed by atoms with van der Waals surface area (Å²) in [7, 11) is 3.15. The summed E-state index contributed by atoms with van der Waals surface area (Å²) in [4.78, 5) is 39.8. The Morgan fingerprint density at radius 2 is 1.50 bits per heavy atom. The predicted octanol–water partition coefficient (Wildman–Crippen LogP) is 5.37. The summed E-state index contributed by atoms with van der Waals surface area (Å²) in [6, 6.07) is 15.9. The molecule has 0 unspecified atom stereocenters. The molecule has 0 heterocycles. The van der Waals surface area contributed by atoms with Crippen LogP contribution in [0.5, 0.6) is 0 Å². The fourth-order valence-electron chi connectivity index (χ4n) is 5.63. The molecular formula is C31H41NO6. The quantitative estimate of drug-likeness (QED) is 0.355. The zero-order chi connectivity index (χ0) is 28.0. The van der Waals surface area contributed by atoms with Crippen molar-refractivity contribution in [3.8, 4) is 11.1 Å². The number of carbonyl (C=O) groups excluding carboxylic acids is 2. The van der Waals surface area contributed by atoms with Gasteiger partial charge in [0.25, 0.3) is 0 Å². The average molecular weight is 524 g/mol. The maximum atomic E-state index is 13.7. The van der Waals surface area contributed by atoms with Crippen LogP contribution in [0.25, 0.3) is 11.1 Å². The fraction of sp³-hybridized carbons (Fsp3) is 0.516. The number of likely N-dealkylation sites (N-methyl/N-ethyl adjacent to an activating group) is 1. The number of hydrogen-bond donors (Lipinski definition) is 1. The topological polar surface area (TPSA) is 93.1 Å². The molecule has 1 N–H and O–H groups in total. The van der Waals surface area contributed by atoms with Crippen LogP contribution in [0, 0.1) is 17.8 Å². The van der Waals surface area contributed by atoms with E-state index in [1.807, 2.05) is 52.0 Å². The summed E-state index contributed by atoms with van der Waals surface area (Å²) in [6.07, 6.45) is -0.151. The van der Waals surface area contributed by atoms with Gasteiger partial charge >= 0.3 is 11.9 Å². The Balaban J connectivity index is 1.73. The van der Waals surface area contributed by atoms with Crippen LogP contribution in [-0.2, 0) is 23.9 Å². The Morgan fingerprint density at radius 1 is 0.947 bits per heavy atom. The van der Waals surface area contributed by atoms with Gasteiger partial charge in [0.1, 0.15) is 6.61 Å². The summed E-state index contributed by atoms with van der Waals surface area (Å²) < 4.78 is 11.3. The molecule has 0 saturated carbocycles. The number of fused-ring (bicyclic) bond motifs is 3. The van der Waals surface area contributed by atoms with Gasteiger partial charge in [0.05, 0.1) is 30.9 Å². The molecule has 0 spiro atoms. The molecule has 0 bridgehead atoms. The van der Waals surface area contributed by atoms with Crippen molar-refractivity contribution in [1.82, 2.24) is 4.90 Å². The molecule has 7 nitrogen and oxygen atoms in total. The van der Waals surface area contributed by atoms with E-state index in [0.717, 1.165) is 28.7 Å². The zero-order valence-corrected chi connectivity index (χ0v) is 23.3. The van der Waals surface area contributed by atoms with E-state index < -0.39 is 30.0 Å². The Morgan fingerprint density at radius 3 is 1.97 bits per heavy atom. The molecule has 4 atom stereocenters. The lowest BCUT2D eigenvalue weighted by molar-refractivity contribution is -0.153. The maximum absolute atomic E-state index is 13.7. The van der Waals surface area contributed by atoms with E-state index in [1.54, 1.807) is 11.9 Å². The molecule has 0 fully saturated rings. The molecule has 206 valence electrons. The lowest BCUT2D eigenvalue weighted by Gasteiger charge is -2.39. The largest absolute Gasteiger partial charge is 0.481 e. The minimum absolute atomic E-state index is 0.00974. The van der Waals surface area contributed by atoms with Gasteiger partial charge in [-0.1, -0.05) is 82.6 Å². The van der Waals surface area contributed by atoms with Gasteiger partial charge in [-0.15, -0.1) is 0 Å². The molecule has 2 aromatic carbocycles. The molecule has 3 rings (SSSR count). The molecule has 0 aliphatic heterocycles. The monoisotopic (exact) mass is 523 g/mol. The number of hydrogen-bond acceptors (Lipinski definition) is 5. The minimum atomic E-state index is -0.981. The van der Waals surface area contributed by atoms with Gasteiger partial charge in [0.2, 0.25) is 5.91 Å². The molecule has 1 aliphatic carbocycles. The van der Waals surface area contributed by atoms with Gasteiger partial charge < -0.3 is 19.5 Å². The highest BCUT2D eigenvalue weighted by atomic mass is 16.5. The number of amides is 1. The first-order chi connectivity index (χ1) is 18.1. The standard InChI is InChI=1S/C31H41NO6/c1-7-20(4)30(27(37-6)17-28(33)34)32(5)31(36)25(19(2)3)16-29(35)38-18-26-23-14-10-8-12-21(23)22-13-9-11-15-24(22)26/h8-15,19-20,25-27,30H,7,16-18H2,1-6H3,(H,33,34)/t20-,25-,27+,30-/m0/s1. The van der Waals surface area contributed by atoms with Crippen LogP contribution in [0.15, 0.2) is 48.5 Å². The summed E-state index contributed by atoms with van der Waals surface area (Å²) in [5.74, 6) is -2.34. The molecule has 7 heteroatoms. The summed E-state index contributed by atoms with van der Waals surface area (Å²) in [5, 5.41) is 9.38. The summed E-state index contributed by atoms with van der Waals surface area (Å²) in [5.41, 5.74) is 4.59. The van der Waals surface area contributed by atoms with Gasteiger partial charge in [-0.25, -0.2) is 0 Å². The minimum Gasteiger partial charge on any atom is -0.481 e. The molecular weight excluding hydrogens is 482 g/mol. The number of carboxylic acids is 1. The molecule has 1 amide bonds. The summed E-state index contributed by atoms with van der Waals surface area (Å²) >= 11 is 0. The van der Waals surface area contributed by atoms with Crippen LogP contribution in [0.2, 0.25) is 0 Å². The Hall–Kier alpha value is -3.19. The number of rotatable bonds is 13. The maximum Gasteiger partial charge on any atom is 0.306 e. The van der Waals surface area contributed by atoms with Crippen LogP contribution in [0.3, 0.4) is 0 Å². The summed E-state index contributed by atoms with van der Waals surface area (Å²) in [6.45, 7) is 8.02. The number of benzene rings is 2. The van der Waals surface area contributed by atoms with E-state index in [1.165, 1.54) is 7.11 Å². The zero-order valence-electron chi connectivity index (χ0n) is 23.3. The Kier molecular flexibility index (Phi) is 10.1. The third kappa shape index (κ3) is 6.44. The smallest absolute Gasteiger partial charge is 0.306 e. The van der Waals surface area contributed by atoms with Crippen molar-refractivity contribution in [2.24, 2.45) is 17.8 Å². The number of ether oxygens (including phenoxy) is 2. The van der Waals surface area contributed by atoms with E-state index in [9.17, 15) is 19.5 Å². The van der Waals surface area contributed by atoms with E-state index in [4.69, 9.17) is 9.47 Å². The normalized spacial score (nSPS) is 15.8. The highest BCUT2D eigenvalue weighted by Crippen LogP contribution is 2.44. The number of esters is 1. The third-order valence-electron chi connectivity index (χ3n) is 7.96. The van der Waals surface area contributed by atoms with Crippen molar-refractivity contribution >= 4 is 17.8 Å². The van der Waals surface area contributed by atoms with Gasteiger partial charge in [-0.05, 0) is 34.1 Å². The van der Waals surface area contributed by atoms with Crippen molar-refractivity contribution in [2.75, 3.05) is 20.8 Å². The van der Waals surface area contributed by atoms with Crippen molar-refractivity contribution in [2.45, 2.75) is 65.0 Å². The van der Waals surface area contributed by atoms with Crippen molar-refractivity contribution < 1.29 is 29.0 Å². The van der Waals surface area contributed by atoms with Crippen LogP contribution in [0.1, 0.15) is 64.0 Å². The van der Waals surface area contributed by atoms with E-state index in [2.05, 4.69) is 24.3 Å². The molecule has 0 saturated heterocycles. The van der Waals surface area contributed by atoms with Crippen molar-refractivity contribution in [1.29, 1.82) is 0 Å². The first-order valence-electron chi connectivity index (χ1n) is 13.5. The molecule has 1 aliphatic rings. The first-order valence-corrected chi connectivity index (χ1v) is 13.5. The van der Waals surface area contributed by atoms with Crippen LogP contribution in [-0.4, -0.2) is 60.8 Å². The number of carboxylic acid groups (broad SMARTS) is 1. The number of aliphatic carboxylic acids is 1. The number of carbonyl (C=O) groups is 3. The van der Waals surface area contributed by atoms with Crippen molar-refractivity contribution in [3.63, 3.8) is 0 Å².